The zero-order valence-corrected chi connectivity index (χ0v) is 13.9. The van der Waals surface area contributed by atoms with E-state index >= 15 is 0 Å². The van der Waals surface area contributed by atoms with Crippen LogP contribution in [0.25, 0.3) is 22.3 Å². The number of hydrogen-bond donors (Lipinski definition) is 0. The summed E-state index contributed by atoms with van der Waals surface area (Å²) >= 11 is 1.83. The molecule has 0 unspecified atom stereocenters. The van der Waals surface area contributed by atoms with Gasteiger partial charge in [0.25, 0.3) is 0 Å². The van der Waals surface area contributed by atoms with Crippen molar-refractivity contribution in [1.29, 1.82) is 0 Å². The Morgan fingerprint density at radius 1 is 0.708 bits per heavy atom. The van der Waals surface area contributed by atoms with Crippen molar-refractivity contribution in [3.8, 4) is 11.3 Å². The average molecular weight is 328 g/mol. The summed E-state index contributed by atoms with van der Waals surface area (Å²) in [6, 6.07) is 26.9. The third-order valence-electron chi connectivity index (χ3n) is 3.85. The predicted molar refractivity (Wildman–Crippen MR) is 101 cm³/mol. The predicted octanol–water partition coefficient (Wildman–Crippen LogP) is 5.59. The van der Waals surface area contributed by atoms with Crippen molar-refractivity contribution in [2.24, 2.45) is 0 Å². The first kappa shape index (κ1) is 14.9. The fourth-order valence-electron chi connectivity index (χ4n) is 2.63. The van der Waals surface area contributed by atoms with E-state index in [1.54, 1.807) is 0 Å². The Morgan fingerprint density at radius 2 is 1.42 bits per heavy atom. The number of aromatic nitrogens is 2. The molecule has 1 aromatic heterocycles. The van der Waals surface area contributed by atoms with Crippen LogP contribution in [0.1, 0.15) is 5.56 Å². The highest BCUT2D eigenvalue weighted by Crippen LogP contribution is 2.32. The smallest absolute Gasteiger partial charge is 0.0904 e. The highest BCUT2D eigenvalue weighted by molar-refractivity contribution is 7.98. The lowest BCUT2D eigenvalue weighted by atomic mass is 10.1. The summed E-state index contributed by atoms with van der Waals surface area (Å²) in [6.45, 7) is 0. The van der Waals surface area contributed by atoms with Gasteiger partial charge in [0, 0.05) is 16.2 Å². The van der Waals surface area contributed by atoms with Gasteiger partial charge in [0.2, 0.25) is 0 Å². The van der Waals surface area contributed by atoms with E-state index in [0.717, 1.165) is 28.0 Å². The average Bonchev–Trinajstić information content (AvgIpc) is 2.67. The first-order valence-corrected chi connectivity index (χ1v) is 8.87. The fourth-order valence-corrected chi connectivity index (χ4v) is 3.64. The highest BCUT2D eigenvalue weighted by atomic mass is 32.2. The number of para-hydroxylation sites is 2. The number of nitrogens with zero attached hydrogens (tertiary/aromatic N) is 2. The van der Waals surface area contributed by atoms with E-state index in [4.69, 9.17) is 4.98 Å². The summed E-state index contributed by atoms with van der Waals surface area (Å²) in [4.78, 5) is 10.6. The van der Waals surface area contributed by atoms with Crippen LogP contribution in [-0.2, 0) is 5.75 Å². The van der Waals surface area contributed by atoms with Gasteiger partial charge in [-0.1, -0.05) is 60.7 Å². The largest absolute Gasteiger partial charge is 0.252 e. The minimum absolute atomic E-state index is 0.921. The molecule has 0 spiro atoms. The Kier molecular flexibility index (Phi) is 4.26. The molecule has 0 radical (unpaired) electrons. The zero-order valence-electron chi connectivity index (χ0n) is 13.1. The Labute approximate surface area is 145 Å². The minimum Gasteiger partial charge on any atom is -0.252 e. The van der Waals surface area contributed by atoms with Crippen molar-refractivity contribution in [3.05, 3.63) is 90.6 Å². The van der Waals surface area contributed by atoms with Crippen molar-refractivity contribution in [1.82, 2.24) is 9.97 Å². The molecule has 0 amide bonds. The topological polar surface area (TPSA) is 25.8 Å². The summed E-state index contributed by atoms with van der Waals surface area (Å²) in [5.74, 6) is 0.943. The monoisotopic (exact) mass is 328 g/mol. The Hall–Kier alpha value is -2.65. The summed E-state index contributed by atoms with van der Waals surface area (Å²) in [5.41, 5.74) is 5.23. The van der Waals surface area contributed by atoms with E-state index in [9.17, 15) is 0 Å². The molecule has 0 fully saturated rings. The normalized spacial score (nSPS) is 10.8. The molecule has 24 heavy (non-hydrogen) atoms. The van der Waals surface area contributed by atoms with Gasteiger partial charge in [-0.25, -0.2) is 4.98 Å². The van der Waals surface area contributed by atoms with Gasteiger partial charge in [0.1, 0.15) is 0 Å². The molecule has 4 rings (SSSR count). The van der Waals surface area contributed by atoms with Gasteiger partial charge in [-0.15, -0.1) is 11.8 Å². The lowest BCUT2D eigenvalue weighted by Gasteiger charge is -2.09. The molecule has 0 saturated carbocycles. The van der Waals surface area contributed by atoms with Crippen molar-refractivity contribution >= 4 is 22.8 Å². The molecular weight excluding hydrogens is 312 g/mol. The third-order valence-corrected chi connectivity index (χ3v) is 4.99. The van der Waals surface area contributed by atoms with E-state index < -0.39 is 0 Å². The second-order valence-corrected chi connectivity index (χ2v) is 6.53. The first-order chi connectivity index (χ1) is 11.9. The molecule has 3 heteroatoms. The Bertz CT molecular complexity index is 967. The van der Waals surface area contributed by atoms with Gasteiger partial charge >= 0.3 is 0 Å². The van der Waals surface area contributed by atoms with E-state index in [1.165, 1.54) is 10.5 Å². The van der Waals surface area contributed by atoms with Crippen LogP contribution in [0.2, 0.25) is 0 Å². The lowest BCUT2D eigenvalue weighted by molar-refractivity contribution is 1.27. The van der Waals surface area contributed by atoms with E-state index in [0.29, 0.717) is 0 Å². The van der Waals surface area contributed by atoms with Crippen molar-refractivity contribution in [2.45, 2.75) is 10.6 Å². The molecule has 3 aromatic carbocycles. The molecular formula is C21H16N2S. The lowest BCUT2D eigenvalue weighted by Crippen LogP contribution is -1.90. The quantitative estimate of drug-likeness (QED) is 0.457. The molecule has 4 aromatic rings. The molecule has 2 nitrogen and oxygen atoms in total. The summed E-state index contributed by atoms with van der Waals surface area (Å²) < 4.78 is 0. The van der Waals surface area contributed by atoms with E-state index in [-0.39, 0.29) is 0 Å². The second-order valence-electron chi connectivity index (χ2n) is 5.51. The molecule has 0 bridgehead atoms. The van der Waals surface area contributed by atoms with Crippen LogP contribution < -0.4 is 0 Å². The summed E-state index contributed by atoms with van der Waals surface area (Å²) in [6.07, 6.45) is 1.87. The van der Waals surface area contributed by atoms with E-state index in [2.05, 4.69) is 53.5 Å². The van der Waals surface area contributed by atoms with Crippen molar-refractivity contribution in [2.75, 3.05) is 0 Å². The van der Waals surface area contributed by atoms with Crippen LogP contribution >= 0.6 is 11.8 Å². The van der Waals surface area contributed by atoms with E-state index in [1.807, 2.05) is 48.3 Å². The number of fused-ring (bicyclic) bond motifs is 1. The first-order valence-electron chi connectivity index (χ1n) is 7.88. The zero-order chi connectivity index (χ0) is 16.2. The molecule has 0 aliphatic heterocycles. The SMILES string of the molecule is c1ccc(CSc2ccccc2-c2cnc3ccccc3n2)cc1. The standard InChI is InChI=1S/C21H16N2S/c1-2-8-16(9-3-1)15-24-21-13-7-4-10-17(21)20-14-22-18-11-5-6-12-19(18)23-20/h1-14H,15H2. The van der Waals surface area contributed by atoms with Crippen LogP contribution in [0.3, 0.4) is 0 Å². The summed E-state index contributed by atoms with van der Waals surface area (Å²) in [5, 5.41) is 0. The Balaban J connectivity index is 1.67. The van der Waals surface area contributed by atoms with Gasteiger partial charge in [-0.3, -0.25) is 4.98 Å². The molecule has 1 heterocycles. The van der Waals surface area contributed by atoms with Crippen LogP contribution in [0.4, 0.5) is 0 Å². The summed E-state index contributed by atoms with van der Waals surface area (Å²) in [7, 11) is 0. The van der Waals surface area contributed by atoms with Gasteiger partial charge in [-0.2, -0.15) is 0 Å². The molecule has 0 aliphatic carbocycles. The van der Waals surface area contributed by atoms with Gasteiger partial charge in [-0.05, 0) is 23.8 Å². The number of hydrogen-bond acceptors (Lipinski definition) is 3. The maximum atomic E-state index is 4.79. The number of rotatable bonds is 4. The fraction of sp³-hybridized carbons (Fsp3) is 0.0476. The van der Waals surface area contributed by atoms with Crippen molar-refractivity contribution in [3.63, 3.8) is 0 Å². The Morgan fingerprint density at radius 3 is 2.29 bits per heavy atom. The third kappa shape index (κ3) is 3.17. The van der Waals surface area contributed by atoms with Gasteiger partial charge in [0.15, 0.2) is 0 Å². The van der Waals surface area contributed by atoms with Crippen LogP contribution in [0, 0.1) is 0 Å². The van der Waals surface area contributed by atoms with Crippen molar-refractivity contribution < 1.29 is 0 Å². The molecule has 0 atom stereocenters. The number of benzene rings is 3. The van der Waals surface area contributed by atoms with Crippen LogP contribution in [-0.4, -0.2) is 9.97 Å². The maximum absolute atomic E-state index is 4.79. The van der Waals surface area contributed by atoms with Crippen LogP contribution in [0.15, 0.2) is 90.0 Å². The van der Waals surface area contributed by atoms with Crippen LogP contribution in [0.5, 0.6) is 0 Å². The molecule has 0 N–H and O–H groups in total. The number of thioether (sulfide) groups is 1. The van der Waals surface area contributed by atoms with Gasteiger partial charge < -0.3 is 0 Å². The molecule has 116 valence electrons. The molecule has 0 aliphatic rings. The molecule has 0 saturated heterocycles. The van der Waals surface area contributed by atoms with Gasteiger partial charge in [0.05, 0.1) is 22.9 Å². The second kappa shape index (κ2) is 6.85. The maximum Gasteiger partial charge on any atom is 0.0904 e. The minimum atomic E-state index is 0.921. The highest BCUT2D eigenvalue weighted by Gasteiger charge is 2.08.